The van der Waals surface area contributed by atoms with Gasteiger partial charge in [-0.05, 0) is 48.9 Å². The maximum Gasteiger partial charge on any atom is 0.241 e. The van der Waals surface area contributed by atoms with Gasteiger partial charge in [-0.2, -0.15) is 0 Å². The third-order valence-corrected chi connectivity index (χ3v) is 4.63. The van der Waals surface area contributed by atoms with Crippen LogP contribution in [0, 0.1) is 5.82 Å². The minimum Gasteiger partial charge on any atom is -0.207 e. The second-order valence-corrected chi connectivity index (χ2v) is 6.50. The Balaban J connectivity index is 2.19. The number of sulfonamides is 1. The fourth-order valence-corrected chi connectivity index (χ4v) is 3.09. The van der Waals surface area contributed by atoms with E-state index in [1.54, 1.807) is 31.2 Å². The molecule has 0 aliphatic carbocycles. The molecule has 3 nitrogen and oxygen atoms in total. The Kier molecular flexibility index (Phi) is 4.42. The molecule has 0 spiro atoms. The Bertz CT molecular complexity index is 684. The molecule has 0 aliphatic rings. The molecule has 2 aromatic carbocycles. The Morgan fingerprint density at radius 2 is 1.60 bits per heavy atom. The normalized spacial score (nSPS) is 13.2. The summed E-state index contributed by atoms with van der Waals surface area (Å²) in [7, 11) is -3.68. The van der Waals surface area contributed by atoms with Gasteiger partial charge in [0.05, 0.1) is 4.90 Å². The van der Waals surface area contributed by atoms with Crippen LogP contribution < -0.4 is 4.72 Å². The molecule has 0 fully saturated rings. The summed E-state index contributed by atoms with van der Waals surface area (Å²) in [6.45, 7) is 1.73. The van der Waals surface area contributed by atoms with Crippen molar-refractivity contribution in [2.45, 2.75) is 17.9 Å². The van der Waals surface area contributed by atoms with E-state index in [1.165, 1.54) is 12.1 Å². The van der Waals surface area contributed by atoms with Crippen LogP contribution in [0.3, 0.4) is 0 Å². The number of hydrogen-bond donors (Lipinski definition) is 1. The van der Waals surface area contributed by atoms with Gasteiger partial charge >= 0.3 is 0 Å². The average Bonchev–Trinajstić information content (AvgIpc) is 2.39. The molecule has 20 heavy (non-hydrogen) atoms. The van der Waals surface area contributed by atoms with Crippen LogP contribution in [-0.4, -0.2) is 8.42 Å². The van der Waals surface area contributed by atoms with Gasteiger partial charge in [0.25, 0.3) is 0 Å². The van der Waals surface area contributed by atoms with E-state index in [2.05, 4.69) is 4.72 Å². The topological polar surface area (TPSA) is 46.2 Å². The van der Waals surface area contributed by atoms with Crippen molar-refractivity contribution >= 4 is 21.6 Å². The summed E-state index contributed by atoms with van der Waals surface area (Å²) >= 11 is 5.79. The van der Waals surface area contributed by atoms with Crippen LogP contribution in [0.1, 0.15) is 18.5 Å². The van der Waals surface area contributed by atoms with E-state index in [0.29, 0.717) is 5.02 Å². The molecular formula is C14H13ClFNO2S. The molecule has 1 N–H and O–H groups in total. The zero-order valence-electron chi connectivity index (χ0n) is 10.7. The molecule has 0 bridgehead atoms. The van der Waals surface area contributed by atoms with Crippen molar-refractivity contribution in [2.75, 3.05) is 0 Å². The van der Waals surface area contributed by atoms with Crippen molar-refractivity contribution in [3.8, 4) is 0 Å². The van der Waals surface area contributed by atoms with Crippen LogP contribution in [0.15, 0.2) is 53.4 Å². The van der Waals surface area contributed by atoms with E-state index in [0.717, 1.165) is 17.7 Å². The number of benzene rings is 2. The van der Waals surface area contributed by atoms with Crippen molar-refractivity contribution in [3.05, 3.63) is 64.9 Å². The van der Waals surface area contributed by atoms with Gasteiger partial charge in [-0.15, -0.1) is 0 Å². The molecule has 0 saturated carbocycles. The van der Waals surface area contributed by atoms with Crippen LogP contribution in [0.4, 0.5) is 4.39 Å². The van der Waals surface area contributed by atoms with Gasteiger partial charge in [-0.3, -0.25) is 0 Å². The maximum atomic E-state index is 12.8. The molecule has 0 saturated heterocycles. The monoisotopic (exact) mass is 313 g/mol. The number of hydrogen-bond acceptors (Lipinski definition) is 2. The third-order valence-electron chi connectivity index (χ3n) is 2.83. The number of nitrogens with one attached hydrogen (secondary N) is 1. The maximum absolute atomic E-state index is 12.8. The van der Waals surface area contributed by atoms with Gasteiger partial charge in [-0.25, -0.2) is 17.5 Å². The predicted octanol–water partition coefficient (Wildman–Crippen LogP) is 3.52. The highest BCUT2D eigenvalue weighted by molar-refractivity contribution is 7.89. The summed E-state index contributed by atoms with van der Waals surface area (Å²) < 4.78 is 39.6. The molecule has 2 aromatic rings. The number of halogens is 2. The molecule has 6 heteroatoms. The first kappa shape index (κ1) is 15.0. The van der Waals surface area contributed by atoms with Gasteiger partial charge in [0, 0.05) is 11.1 Å². The Morgan fingerprint density at radius 3 is 2.15 bits per heavy atom. The van der Waals surface area contributed by atoms with E-state index in [1.807, 2.05) is 0 Å². The Hall–Kier alpha value is -1.43. The zero-order valence-corrected chi connectivity index (χ0v) is 12.2. The molecule has 0 aromatic heterocycles. The quantitative estimate of drug-likeness (QED) is 0.938. The minimum atomic E-state index is -3.68. The summed E-state index contributed by atoms with van der Waals surface area (Å²) in [4.78, 5) is 0.0275. The van der Waals surface area contributed by atoms with Crippen molar-refractivity contribution < 1.29 is 12.8 Å². The lowest BCUT2D eigenvalue weighted by atomic mass is 10.1. The van der Waals surface area contributed by atoms with Crippen LogP contribution in [-0.2, 0) is 10.0 Å². The van der Waals surface area contributed by atoms with Crippen LogP contribution in [0.5, 0.6) is 0 Å². The SMILES string of the molecule is C[C@@H](NS(=O)(=O)c1ccc(F)cc1)c1ccc(Cl)cc1. The van der Waals surface area contributed by atoms with Crippen molar-refractivity contribution in [1.29, 1.82) is 0 Å². The summed E-state index contributed by atoms with van der Waals surface area (Å²) in [5.41, 5.74) is 0.792. The third kappa shape index (κ3) is 3.56. The second-order valence-electron chi connectivity index (χ2n) is 4.35. The molecule has 1 atom stereocenters. The van der Waals surface area contributed by atoms with Crippen molar-refractivity contribution in [1.82, 2.24) is 4.72 Å². The highest BCUT2D eigenvalue weighted by Crippen LogP contribution is 2.19. The first-order chi connectivity index (χ1) is 9.38. The first-order valence-corrected chi connectivity index (χ1v) is 7.78. The fraction of sp³-hybridized carbons (Fsp3) is 0.143. The summed E-state index contributed by atoms with van der Waals surface area (Å²) in [6.07, 6.45) is 0. The highest BCUT2D eigenvalue weighted by Gasteiger charge is 2.18. The lowest BCUT2D eigenvalue weighted by molar-refractivity contribution is 0.566. The van der Waals surface area contributed by atoms with Crippen LogP contribution >= 0.6 is 11.6 Å². The van der Waals surface area contributed by atoms with Gasteiger partial charge in [0.2, 0.25) is 10.0 Å². The van der Waals surface area contributed by atoms with Crippen LogP contribution in [0.2, 0.25) is 5.02 Å². The molecule has 106 valence electrons. The van der Waals surface area contributed by atoms with E-state index in [9.17, 15) is 12.8 Å². The largest absolute Gasteiger partial charge is 0.241 e. The molecule has 2 rings (SSSR count). The lowest BCUT2D eigenvalue weighted by Crippen LogP contribution is -2.26. The summed E-state index contributed by atoms with van der Waals surface area (Å²) in [5.74, 6) is -0.477. The van der Waals surface area contributed by atoms with Gasteiger partial charge in [0.15, 0.2) is 0 Å². The number of rotatable bonds is 4. The molecule has 0 unspecified atom stereocenters. The van der Waals surface area contributed by atoms with E-state index >= 15 is 0 Å². The molecule has 0 radical (unpaired) electrons. The Labute approximate surface area is 122 Å². The minimum absolute atomic E-state index is 0.0275. The smallest absolute Gasteiger partial charge is 0.207 e. The zero-order chi connectivity index (χ0) is 14.8. The lowest BCUT2D eigenvalue weighted by Gasteiger charge is -2.14. The molecule has 0 heterocycles. The van der Waals surface area contributed by atoms with Crippen LogP contribution in [0.25, 0.3) is 0 Å². The van der Waals surface area contributed by atoms with E-state index in [4.69, 9.17) is 11.6 Å². The van der Waals surface area contributed by atoms with E-state index < -0.39 is 21.9 Å². The van der Waals surface area contributed by atoms with Crippen molar-refractivity contribution in [3.63, 3.8) is 0 Å². The average molecular weight is 314 g/mol. The molecule has 0 amide bonds. The summed E-state index contributed by atoms with van der Waals surface area (Å²) in [6, 6.07) is 11.2. The standard InChI is InChI=1S/C14H13ClFNO2S/c1-10(11-2-4-12(15)5-3-11)17-20(18,19)14-8-6-13(16)7-9-14/h2-10,17H,1H3/t10-/m1/s1. The molecule has 0 aliphatic heterocycles. The predicted molar refractivity (Wildman–Crippen MR) is 76.6 cm³/mol. The van der Waals surface area contributed by atoms with E-state index in [-0.39, 0.29) is 4.90 Å². The van der Waals surface area contributed by atoms with Gasteiger partial charge < -0.3 is 0 Å². The van der Waals surface area contributed by atoms with Gasteiger partial charge in [-0.1, -0.05) is 23.7 Å². The fourth-order valence-electron chi connectivity index (χ4n) is 1.73. The highest BCUT2D eigenvalue weighted by atomic mass is 35.5. The van der Waals surface area contributed by atoms with Crippen molar-refractivity contribution in [2.24, 2.45) is 0 Å². The molecular weight excluding hydrogens is 301 g/mol. The Morgan fingerprint density at radius 1 is 1.05 bits per heavy atom. The summed E-state index contributed by atoms with van der Waals surface area (Å²) in [5, 5.41) is 0.586. The van der Waals surface area contributed by atoms with Gasteiger partial charge in [0.1, 0.15) is 5.82 Å². The second kappa shape index (κ2) is 5.91. The first-order valence-electron chi connectivity index (χ1n) is 5.92.